The van der Waals surface area contributed by atoms with E-state index in [1.807, 2.05) is 59.9 Å². The molecule has 0 fully saturated rings. The Bertz CT molecular complexity index is 982. The van der Waals surface area contributed by atoms with Gasteiger partial charge in [-0.3, -0.25) is 4.79 Å². The van der Waals surface area contributed by atoms with Crippen LogP contribution >= 0.6 is 11.8 Å². The summed E-state index contributed by atoms with van der Waals surface area (Å²) in [4.78, 5) is 20.9. The normalized spacial score (nSPS) is 15.3. The first-order valence-electron chi connectivity index (χ1n) is 10.1. The lowest BCUT2D eigenvalue weighted by Gasteiger charge is -2.32. The fourth-order valence-electron chi connectivity index (χ4n) is 3.61. The molecule has 1 aromatic heterocycles. The summed E-state index contributed by atoms with van der Waals surface area (Å²) in [5, 5.41) is 0. The number of nitrogens with zero attached hydrogens (tertiary/aromatic N) is 3. The topological polar surface area (TPSA) is 38.1 Å². The Morgan fingerprint density at radius 1 is 1.03 bits per heavy atom. The molecule has 5 heteroatoms. The van der Waals surface area contributed by atoms with E-state index in [0.717, 1.165) is 36.5 Å². The van der Waals surface area contributed by atoms with Gasteiger partial charge >= 0.3 is 0 Å². The van der Waals surface area contributed by atoms with Crippen LogP contribution in [0.1, 0.15) is 54.1 Å². The second-order valence-electron chi connectivity index (χ2n) is 7.11. The molecule has 0 saturated carbocycles. The molecule has 0 radical (unpaired) electrons. The first kappa shape index (κ1) is 19.5. The van der Waals surface area contributed by atoms with E-state index in [9.17, 15) is 4.79 Å². The summed E-state index contributed by atoms with van der Waals surface area (Å²) in [7, 11) is 0. The highest BCUT2D eigenvalue weighted by Gasteiger charge is 2.30. The van der Waals surface area contributed by atoms with Crippen molar-refractivity contribution in [1.29, 1.82) is 0 Å². The first-order valence-corrected chi connectivity index (χ1v) is 11.1. The zero-order chi connectivity index (χ0) is 20.1. The molecule has 0 N–H and O–H groups in total. The van der Waals surface area contributed by atoms with Gasteiger partial charge < -0.3 is 9.47 Å². The fourth-order valence-corrected chi connectivity index (χ4v) is 4.47. The Balaban J connectivity index is 1.58. The van der Waals surface area contributed by atoms with E-state index < -0.39 is 0 Å². The number of aromatic nitrogens is 2. The van der Waals surface area contributed by atoms with Crippen molar-refractivity contribution in [2.45, 2.75) is 42.9 Å². The van der Waals surface area contributed by atoms with Crippen molar-refractivity contribution < 1.29 is 4.79 Å². The lowest BCUT2D eigenvalue weighted by Crippen LogP contribution is -2.34. The van der Waals surface area contributed by atoms with E-state index in [0.29, 0.717) is 5.56 Å². The third-order valence-corrected chi connectivity index (χ3v) is 6.16. The molecule has 1 atom stereocenters. The summed E-state index contributed by atoms with van der Waals surface area (Å²) in [6.45, 7) is 2.18. The smallest absolute Gasteiger partial charge is 0.258 e. The number of benzene rings is 2. The maximum atomic E-state index is 13.1. The SMILES string of the molecule is CCCCC1c2cnc(CSc3ccccc3)n2C=CN1C(=O)c1ccccc1. The first-order chi connectivity index (χ1) is 14.3. The minimum atomic E-state index is 0.00984. The third kappa shape index (κ3) is 4.30. The molecule has 0 spiro atoms. The molecule has 0 saturated heterocycles. The number of hydrogen-bond donors (Lipinski definition) is 0. The van der Waals surface area contributed by atoms with E-state index in [1.165, 1.54) is 4.90 Å². The average molecular weight is 404 g/mol. The second kappa shape index (κ2) is 9.14. The Labute approximate surface area is 176 Å². The van der Waals surface area contributed by atoms with Gasteiger partial charge in [0.25, 0.3) is 5.91 Å². The molecule has 1 unspecified atom stereocenters. The Kier molecular flexibility index (Phi) is 6.15. The predicted octanol–water partition coefficient (Wildman–Crippen LogP) is 5.99. The number of fused-ring (bicyclic) bond motifs is 1. The lowest BCUT2D eigenvalue weighted by atomic mass is 10.0. The second-order valence-corrected chi connectivity index (χ2v) is 8.15. The molecule has 148 valence electrons. The molecule has 0 bridgehead atoms. The van der Waals surface area contributed by atoms with Crippen LogP contribution in [0.25, 0.3) is 6.20 Å². The highest BCUT2D eigenvalue weighted by Crippen LogP contribution is 2.34. The molecule has 4 rings (SSSR count). The number of unbranched alkanes of at least 4 members (excludes halogenated alkanes) is 1. The summed E-state index contributed by atoms with van der Waals surface area (Å²) >= 11 is 1.78. The van der Waals surface area contributed by atoms with Crippen LogP contribution in [-0.4, -0.2) is 20.4 Å². The molecule has 2 heterocycles. The van der Waals surface area contributed by atoms with Crippen LogP contribution in [0.5, 0.6) is 0 Å². The van der Waals surface area contributed by atoms with Gasteiger partial charge in [-0.05, 0) is 30.7 Å². The van der Waals surface area contributed by atoms with Gasteiger partial charge in [-0.2, -0.15) is 0 Å². The van der Waals surface area contributed by atoms with E-state index in [4.69, 9.17) is 4.98 Å². The van der Waals surface area contributed by atoms with Crippen LogP contribution in [0.15, 0.2) is 78.0 Å². The van der Waals surface area contributed by atoms with E-state index in [2.05, 4.69) is 35.8 Å². The largest absolute Gasteiger partial charge is 0.304 e. The molecular formula is C24H25N3OS. The number of carbonyl (C=O) groups excluding carboxylic acids is 1. The minimum absolute atomic E-state index is 0.00984. The molecule has 2 aromatic carbocycles. The van der Waals surface area contributed by atoms with Crippen LogP contribution in [0.2, 0.25) is 0 Å². The Morgan fingerprint density at radius 2 is 1.76 bits per heavy atom. The molecule has 1 aliphatic rings. The van der Waals surface area contributed by atoms with Gasteiger partial charge in [-0.1, -0.05) is 56.2 Å². The zero-order valence-corrected chi connectivity index (χ0v) is 17.4. The van der Waals surface area contributed by atoms with Crippen molar-refractivity contribution in [2.24, 2.45) is 0 Å². The number of thioether (sulfide) groups is 1. The van der Waals surface area contributed by atoms with Gasteiger partial charge in [0.2, 0.25) is 0 Å². The van der Waals surface area contributed by atoms with Crippen LogP contribution in [-0.2, 0) is 5.75 Å². The Hall–Kier alpha value is -2.79. The highest BCUT2D eigenvalue weighted by atomic mass is 32.2. The maximum absolute atomic E-state index is 13.1. The third-order valence-electron chi connectivity index (χ3n) is 5.15. The van der Waals surface area contributed by atoms with E-state index in [-0.39, 0.29) is 11.9 Å². The average Bonchev–Trinajstić information content (AvgIpc) is 3.20. The van der Waals surface area contributed by atoms with Crippen LogP contribution in [0, 0.1) is 0 Å². The summed E-state index contributed by atoms with van der Waals surface area (Å²) in [6.07, 6.45) is 8.93. The van der Waals surface area contributed by atoms with Gasteiger partial charge in [-0.15, -0.1) is 11.8 Å². The molecule has 29 heavy (non-hydrogen) atoms. The monoisotopic (exact) mass is 403 g/mol. The van der Waals surface area contributed by atoms with Crippen molar-refractivity contribution in [3.05, 3.63) is 90.1 Å². The molecule has 1 amide bonds. The summed E-state index contributed by atoms with van der Waals surface area (Å²) < 4.78 is 2.16. The van der Waals surface area contributed by atoms with E-state index >= 15 is 0 Å². The molecule has 1 aliphatic heterocycles. The Morgan fingerprint density at radius 3 is 2.48 bits per heavy atom. The lowest BCUT2D eigenvalue weighted by molar-refractivity contribution is 0.0750. The summed E-state index contributed by atoms with van der Waals surface area (Å²) in [5.41, 5.74) is 1.81. The minimum Gasteiger partial charge on any atom is -0.304 e. The quantitative estimate of drug-likeness (QED) is 0.455. The number of carbonyl (C=O) groups is 1. The fraction of sp³-hybridized carbons (Fsp3) is 0.250. The van der Waals surface area contributed by atoms with E-state index in [1.54, 1.807) is 11.8 Å². The van der Waals surface area contributed by atoms with Crippen LogP contribution in [0.4, 0.5) is 0 Å². The van der Waals surface area contributed by atoms with Gasteiger partial charge in [0.15, 0.2) is 0 Å². The number of imidazole rings is 1. The number of amides is 1. The molecule has 3 aromatic rings. The van der Waals surface area contributed by atoms with Crippen LogP contribution in [0.3, 0.4) is 0 Å². The molecule has 0 aliphatic carbocycles. The molecule has 4 nitrogen and oxygen atoms in total. The summed E-state index contributed by atoms with van der Waals surface area (Å²) in [6, 6.07) is 19.9. The van der Waals surface area contributed by atoms with Gasteiger partial charge in [0.1, 0.15) is 5.82 Å². The zero-order valence-electron chi connectivity index (χ0n) is 16.6. The van der Waals surface area contributed by atoms with Gasteiger partial charge in [0, 0.05) is 22.9 Å². The number of hydrogen-bond acceptors (Lipinski definition) is 3. The number of rotatable bonds is 7. The highest BCUT2D eigenvalue weighted by molar-refractivity contribution is 7.98. The van der Waals surface area contributed by atoms with Crippen molar-refractivity contribution in [2.75, 3.05) is 0 Å². The molecular weight excluding hydrogens is 378 g/mol. The van der Waals surface area contributed by atoms with Crippen molar-refractivity contribution in [1.82, 2.24) is 14.5 Å². The predicted molar refractivity (Wildman–Crippen MR) is 118 cm³/mol. The van der Waals surface area contributed by atoms with Gasteiger partial charge in [0.05, 0.1) is 23.7 Å². The van der Waals surface area contributed by atoms with Gasteiger partial charge in [-0.25, -0.2) is 4.98 Å². The maximum Gasteiger partial charge on any atom is 0.258 e. The van der Waals surface area contributed by atoms with Crippen molar-refractivity contribution in [3.8, 4) is 0 Å². The van der Waals surface area contributed by atoms with Crippen LogP contribution < -0.4 is 0 Å². The summed E-state index contributed by atoms with van der Waals surface area (Å²) in [5.74, 6) is 1.84. The standard InChI is InChI=1S/C24H25N3OS/c1-2-3-14-21-22-17-25-23(18-29-20-12-8-5-9-13-20)26(22)15-16-27(21)24(28)19-10-6-4-7-11-19/h4-13,15-17,21H,2-3,14,18H2,1H3. The van der Waals surface area contributed by atoms with Crippen molar-refractivity contribution in [3.63, 3.8) is 0 Å². The van der Waals surface area contributed by atoms with Crippen molar-refractivity contribution >= 4 is 23.9 Å².